The summed E-state index contributed by atoms with van der Waals surface area (Å²) in [7, 11) is 0. The Morgan fingerprint density at radius 2 is 1.88 bits per heavy atom. The first-order valence-corrected chi connectivity index (χ1v) is 6.10. The minimum atomic E-state index is 0.422. The zero-order valence-electron chi connectivity index (χ0n) is 10.6. The van der Waals surface area contributed by atoms with Crippen molar-refractivity contribution in [1.29, 1.82) is 0 Å². The molecule has 0 amide bonds. The highest BCUT2D eigenvalue weighted by molar-refractivity contribution is 5.18. The van der Waals surface area contributed by atoms with Crippen LogP contribution >= 0.6 is 0 Å². The van der Waals surface area contributed by atoms with E-state index in [4.69, 9.17) is 4.74 Å². The van der Waals surface area contributed by atoms with Gasteiger partial charge in [-0.1, -0.05) is 37.3 Å². The fourth-order valence-electron chi connectivity index (χ4n) is 1.63. The van der Waals surface area contributed by atoms with E-state index in [2.05, 4.69) is 49.5 Å². The van der Waals surface area contributed by atoms with Crippen molar-refractivity contribution in [2.75, 3.05) is 19.8 Å². The third kappa shape index (κ3) is 4.77. The lowest BCUT2D eigenvalue weighted by molar-refractivity contribution is 0.127. The highest BCUT2D eigenvalue weighted by Crippen LogP contribution is 2.13. The van der Waals surface area contributed by atoms with Crippen molar-refractivity contribution in [3.8, 4) is 0 Å². The summed E-state index contributed by atoms with van der Waals surface area (Å²) < 4.78 is 5.37. The molecular formula is C14H23NO. The van der Waals surface area contributed by atoms with E-state index in [0.717, 1.165) is 19.8 Å². The van der Waals surface area contributed by atoms with E-state index >= 15 is 0 Å². The summed E-state index contributed by atoms with van der Waals surface area (Å²) in [5.74, 6) is 0.547. The Kier molecular flexibility index (Phi) is 6.12. The molecule has 0 spiro atoms. The predicted octanol–water partition coefficient (Wildman–Crippen LogP) is 2.80. The maximum Gasteiger partial charge on any atom is 0.0616 e. The second-order valence-electron chi connectivity index (χ2n) is 4.28. The second kappa shape index (κ2) is 7.42. The SMILES string of the molecule is CCOCC(C)NCC(C)c1ccccc1. The van der Waals surface area contributed by atoms with Crippen molar-refractivity contribution < 1.29 is 4.74 Å². The predicted molar refractivity (Wildman–Crippen MR) is 68.8 cm³/mol. The Balaban J connectivity index is 2.27. The van der Waals surface area contributed by atoms with Crippen molar-refractivity contribution in [2.45, 2.75) is 32.7 Å². The van der Waals surface area contributed by atoms with Gasteiger partial charge in [0.25, 0.3) is 0 Å². The molecule has 0 bridgehead atoms. The van der Waals surface area contributed by atoms with Crippen LogP contribution in [0, 0.1) is 0 Å². The molecule has 0 radical (unpaired) electrons. The lowest BCUT2D eigenvalue weighted by Crippen LogP contribution is -2.33. The van der Waals surface area contributed by atoms with Crippen LogP contribution in [-0.4, -0.2) is 25.8 Å². The van der Waals surface area contributed by atoms with E-state index in [9.17, 15) is 0 Å². The van der Waals surface area contributed by atoms with E-state index in [-0.39, 0.29) is 0 Å². The Bertz CT molecular complexity index is 273. The fourth-order valence-corrected chi connectivity index (χ4v) is 1.63. The first kappa shape index (κ1) is 13.2. The van der Waals surface area contributed by atoms with Gasteiger partial charge in [-0.25, -0.2) is 0 Å². The first-order valence-electron chi connectivity index (χ1n) is 6.10. The number of hydrogen-bond donors (Lipinski definition) is 1. The molecule has 2 heteroatoms. The van der Waals surface area contributed by atoms with Gasteiger partial charge in [0.1, 0.15) is 0 Å². The Labute approximate surface area is 99.0 Å². The molecule has 0 saturated carbocycles. The molecule has 2 nitrogen and oxygen atoms in total. The van der Waals surface area contributed by atoms with E-state index < -0.39 is 0 Å². The molecule has 16 heavy (non-hydrogen) atoms. The highest BCUT2D eigenvalue weighted by atomic mass is 16.5. The van der Waals surface area contributed by atoms with Crippen LogP contribution in [0.1, 0.15) is 32.3 Å². The Morgan fingerprint density at radius 1 is 1.19 bits per heavy atom. The molecule has 0 fully saturated rings. The maximum absolute atomic E-state index is 5.37. The van der Waals surface area contributed by atoms with Crippen molar-refractivity contribution in [3.63, 3.8) is 0 Å². The monoisotopic (exact) mass is 221 g/mol. The molecule has 0 aromatic heterocycles. The standard InChI is InChI=1S/C14H23NO/c1-4-16-11-13(3)15-10-12(2)14-8-6-5-7-9-14/h5-9,12-13,15H,4,10-11H2,1-3H3. The van der Waals surface area contributed by atoms with E-state index in [1.165, 1.54) is 5.56 Å². The second-order valence-corrected chi connectivity index (χ2v) is 4.28. The molecule has 1 N–H and O–H groups in total. The van der Waals surface area contributed by atoms with Crippen molar-refractivity contribution in [2.24, 2.45) is 0 Å². The molecular weight excluding hydrogens is 198 g/mol. The average Bonchev–Trinajstić information content (AvgIpc) is 2.34. The van der Waals surface area contributed by atoms with Crippen molar-refractivity contribution in [3.05, 3.63) is 35.9 Å². The fraction of sp³-hybridized carbons (Fsp3) is 0.571. The molecule has 2 unspecified atom stereocenters. The number of hydrogen-bond acceptors (Lipinski definition) is 2. The van der Waals surface area contributed by atoms with Gasteiger partial charge in [0.05, 0.1) is 6.61 Å². The average molecular weight is 221 g/mol. The largest absolute Gasteiger partial charge is 0.380 e. The molecule has 1 aromatic carbocycles. The summed E-state index contributed by atoms with van der Waals surface area (Å²) in [5.41, 5.74) is 1.39. The van der Waals surface area contributed by atoms with Crippen LogP contribution in [0.4, 0.5) is 0 Å². The van der Waals surface area contributed by atoms with Crippen LogP contribution in [0.2, 0.25) is 0 Å². The Morgan fingerprint density at radius 3 is 2.50 bits per heavy atom. The van der Waals surface area contributed by atoms with Crippen LogP contribution in [0.5, 0.6) is 0 Å². The maximum atomic E-state index is 5.37. The zero-order valence-corrected chi connectivity index (χ0v) is 10.6. The third-order valence-electron chi connectivity index (χ3n) is 2.71. The van der Waals surface area contributed by atoms with Gasteiger partial charge in [-0.3, -0.25) is 0 Å². The van der Waals surface area contributed by atoms with Gasteiger partial charge in [-0.2, -0.15) is 0 Å². The van der Waals surface area contributed by atoms with Crippen LogP contribution in [-0.2, 0) is 4.74 Å². The number of benzene rings is 1. The zero-order chi connectivity index (χ0) is 11.8. The minimum Gasteiger partial charge on any atom is -0.380 e. The summed E-state index contributed by atoms with van der Waals surface area (Å²) in [5, 5.41) is 3.49. The smallest absolute Gasteiger partial charge is 0.0616 e. The van der Waals surface area contributed by atoms with Crippen LogP contribution in [0.15, 0.2) is 30.3 Å². The van der Waals surface area contributed by atoms with Crippen molar-refractivity contribution >= 4 is 0 Å². The Hall–Kier alpha value is -0.860. The molecule has 90 valence electrons. The molecule has 0 aliphatic rings. The van der Waals surface area contributed by atoms with Crippen LogP contribution < -0.4 is 5.32 Å². The van der Waals surface area contributed by atoms with Crippen LogP contribution in [0.3, 0.4) is 0 Å². The summed E-state index contributed by atoms with van der Waals surface area (Å²) in [6.45, 7) is 9.01. The first-order chi connectivity index (χ1) is 7.74. The molecule has 0 aliphatic heterocycles. The normalized spacial score (nSPS) is 14.7. The third-order valence-corrected chi connectivity index (χ3v) is 2.71. The molecule has 2 atom stereocenters. The van der Waals surface area contributed by atoms with Crippen molar-refractivity contribution in [1.82, 2.24) is 5.32 Å². The summed E-state index contributed by atoms with van der Waals surface area (Å²) in [4.78, 5) is 0. The van der Waals surface area contributed by atoms with Gasteiger partial charge < -0.3 is 10.1 Å². The van der Waals surface area contributed by atoms with E-state index in [1.54, 1.807) is 0 Å². The van der Waals surface area contributed by atoms with Gasteiger partial charge >= 0.3 is 0 Å². The van der Waals surface area contributed by atoms with Gasteiger partial charge in [-0.05, 0) is 25.3 Å². The number of rotatable bonds is 7. The lowest BCUT2D eigenvalue weighted by atomic mass is 10.0. The number of nitrogens with one attached hydrogen (secondary N) is 1. The summed E-state index contributed by atoms with van der Waals surface area (Å²) in [6, 6.07) is 11.0. The number of ether oxygens (including phenoxy) is 1. The molecule has 0 saturated heterocycles. The van der Waals surface area contributed by atoms with E-state index in [1.807, 2.05) is 6.92 Å². The molecule has 0 heterocycles. The van der Waals surface area contributed by atoms with Gasteiger partial charge in [0.15, 0.2) is 0 Å². The minimum absolute atomic E-state index is 0.422. The van der Waals surface area contributed by atoms with Gasteiger partial charge in [-0.15, -0.1) is 0 Å². The summed E-state index contributed by atoms with van der Waals surface area (Å²) >= 11 is 0. The lowest BCUT2D eigenvalue weighted by Gasteiger charge is -2.17. The van der Waals surface area contributed by atoms with Gasteiger partial charge in [0, 0.05) is 19.2 Å². The summed E-state index contributed by atoms with van der Waals surface area (Å²) in [6.07, 6.45) is 0. The van der Waals surface area contributed by atoms with Gasteiger partial charge in [0.2, 0.25) is 0 Å². The molecule has 1 aromatic rings. The van der Waals surface area contributed by atoms with Crippen LogP contribution in [0.25, 0.3) is 0 Å². The molecule has 1 rings (SSSR count). The molecule has 0 aliphatic carbocycles. The quantitative estimate of drug-likeness (QED) is 0.764. The van der Waals surface area contributed by atoms with E-state index in [0.29, 0.717) is 12.0 Å². The highest BCUT2D eigenvalue weighted by Gasteiger charge is 2.06. The topological polar surface area (TPSA) is 21.3 Å².